The average Bonchev–Trinajstić information content (AvgIpc) is 2.20. The van der Waals surface area contributed by atoms with Gasteiger partial charge in [0.25, 0.3) is 0 Å². The van der Waals surface area contributed by atoms with E-state index in [0.29, 0.717) is 13.2 Å². The van der Waals surface area contributed by atoms with Crippen molar-refractivity contribution < 1.29 is 9.94 Å². The van der Waals surface area contributed by atoms with Crippen LogP contribution in [0.2, 0.25) is 0 Å². The molecule has 3 nitrogen and oxygen atoms in total. The summed E-state index contributed by atoms with van der Waals surface area (Å²) in [7, 11) is 0. The molecule has 0 radical (unpaired) electrons. The first kappa shape index (κ1) is 12.0. The van der Waals surface area contributed by atoms with Gasteiger partial charge in [-0.15, -0.1) is 0 Å². The summed E-state index contributed by atoms with van der Waals surface area (Å²) in [6.45, 7) is 7.41. The molecule has 0 amide bonds. The fourth-order valence-electron chi connectivity index (χ4n) is 1.42. The second-order valence-corrected chi connectivity index (χ2v) is 3.81. The molecule has 0 atom stereocenters. The lowest BCUT2D eigenvalue weighted by molar-refractivity contribution is 0.157. The Morgan fingerprint density at radius 1 is 1.13 bits per heavy atom. The molecular weight excluding hydrogens is 190 g/mol. The molecule has 0 spiro atoms. The van der Waals surface area contributed by atoms with E-state index in [1.54, 1.807) is 0 Å². The van der Waals surface area contributed by atoms with E-state index in [4.69, 9.17) is 9.94 Å². The molecule has 0 unspecified atom stereocenters. The number of rotatable bonds is 5. The summed E-state index contributed by atoms with van der Waals surface area (Å²) in [5.41, 5.74) is 5.81. The third-order valence-corrected chi connectivity index (χ3v) is 2.48. The van der Waals surface area contributed by atoms with Crippen LogP contribution in [0.1, 0.15) is 23.1 Å². The molecule has 0 bridgehead atoms. The molecule has 0 aliphatic rings. The lowest BCUT2D eigenvalue weighted by Crippen LogP contribution is -2.12. The fourth-order valence-corrected chi connectivity index (χ4v) is 1.42. The molecule has 0 aliphatic heterocycles. The van der Waals surface area contributed by atoms with Gasteiger partial charge in [0.05, 0.1) is 6.61 Å². The average molecular weight is 209 g/mol. The summed E-state index contributed by atoms with van der Waals surface area (Å²) in [6.07, 6.45) is 0.795. The Kier molecular flexibility index (Phi) is 4.59. The van der Waals surface area contributed by atoms with Crippen LogP contribution < -0.4 is 10.2 Å². The van der Waals surface area contributed by atoms with Crippen molar-refractivity contribution in [2.24, 2.45) is 0 Å². The second-order valence-electron chi connectivity index (χ2n) is 3.81. The van der Waals surface area contributed by atoms with Crippen LogP contribution in [0.15, 0.2) is 12.1 Å². The SMILES string of the molecule is Cc1cc(C)c(OCCCNO)cc1C. The summed E-state index contributed by atoms with van der Waals surface area (Å²) in [6, 6.07) is 4.20. The molecule has 0 heterocycles. The number of aryl methyl sites for hydroxylation is 3. The first-order chi connectivity index (χ1) is 7.15. The molecule has 0 aromatic heterocycles. The van der Waals surface area contributed by atoms with Gasteiger partial charge in [0.15, 0.2) is 0 Å². The predicted molar refractivity (Wildman–Crippen MR) is 60.6 cm³/mol. The maximum atomic E-state index is 8.39. The molecule has 15 heavy (non-hydrogen) atoms. The van der Waals surface area contributed by atoms with E-state index in [2.05, 4.69) is 31.5 Å². The summed E-state index contributed by atoms with van der Waals surface area (Å²) in [5.74, 6) is 0.941. The van der Waals surface area contributed by atoms with E-state index < -0.39 is 0 Å². The summed E-state index contributed by atoms with van der Waals surface area (Å²) in [5, 5.41) is 8.39. The number of hydroxylamine groups is 1. The highest BCUT2D eigenvalue weighted by Gasteiger charge is 2.02. The summed E-state index contributed by atoms with van der Waals surface area (Å²) >= 11 is 0. The molecule has 0 fully saturated rings. The third kappa shape index (κ3) is 3.53. The van der Waals surface area contributed by atoms with Crippen molar-refractivity contribution in [2.75, 3.05) is 13.2 Å². The minimum absolute atomic E-state index is 0.559. The maximum absolute atomic E-state index is 8.39. The third-order valence-electron chi connectivity index (χ3n) is 2.48. The number of hydrogen-bond donors (Lipinski definition) is 2. The lowest BCUT2D eigenvalue weighted by atomic mass is 10.1. The number of benzene rings is 1. The second kappa shape index (κ2) is 5.73. The van der Waals surface area contributed by atoms with Gasteiger partial charge in [-0.2, -0.15) is 0 Å². The fraction of sp³-hybridized carbons (Fsp3) is 0.500. The van der Waals surface area contributed by atoms with Gasteiger partial charge in [0.1, 0.15) is 5.75 Å². The van der Waals surface area contributed by atoms with Crippen LogP contribution in [-0.4, -0.2) is 18.4 Å². The monoisotopic (exact) mass is 209 g/mol. The summed E-state index contributed by atoms with van der Waals surface area (Å²) in [4.78, 5) is 0. The van der Waals surface area contributed by atoms with Gasteiger partial charge in [0, 0.05) is 6.54 Å². The highest BCUT2D eigenvalue weighted by Crippen LogP contribution is 2.22. The van der Waals surface area contributed by atoms with Crippen LogP contribution in [-0.2, 0) is 0 Å². The Labute approximate surface area is 91.0 Å². The topological polar surface area (TPSA) is 41.5 Å². The highest BCUT2D eigenvalue weighted by atomic mass is 16.5. The first-order valence-corrected chi connectivity index (χ1v) is 5.22. The van der Waals surface area contributed by atoms with Crippen molar-refractivity contribution in [2.45, 2.75) is 27.2 Å². The van der Waals surface area contributed by atoms with Crippen LogP contribution >= 0.6 is 0 Å². The predicted octanol–water partition coefficient (Wildman–Crippen LogP) is 2.36. The van der Waals surface area contributed by atoms with Crippen molar-refractivity contribution in [1.82, 2.24) is 5.48 Å². The van der Waals surface area contributed by atoms with Gasteiger partial charge in [-0.25, -0.2) is 5.48 Å². The van der Waals surface area contributed by atoms with Gasteiger partial charge in [-0.1, -0.05) is 6.07 Å². The first-order valence-electron chi connectivity index (χ1n) is 5.22. The Balaban J connectivity index is 2.57. The van der Waals surface area contributed by atoms with E-state index in [1.165, 1.54) is 11.1 Å². The van der Waals surface area contributed by atoms with Gasteiger partial charge in [0.2, 0.25) is 0 Å². The number of ether oxygens (including phenoxy) is 1. The molecule has 1 aromatic rings. The van der Waals surface area contributed by atoms with Gasteiger partial charge in [-0.05, 0) is 49.9 Å². The van der Waals surface area contributed by atoms with E-state index >= 15 is 0 Å². The molecule has 0 aliphatic carbocycles. The smallest absolute Gasteiger partial charge is 0.122 e. The van der Waals surface area contributed by atoms with Crippen LogP contribution in [0.25, 0.3) is 0 Å². The molecule has 3 heteroatoms. The van der Waals surface area contributed by atoms with Gasteiger partial charge < -0.3 is 9.94 Å². The van der Waals surface area contributed by atoms with Crippen LogP contribution in [0.4, 0.5) is 0 Å². The zero-order chi connectivity index (χ0) is 11.3. The minimum Gasteiger partial charge on any atom is -0.493 e. The molecule has 1 rings (SSSR count). The van der Waals surface area contributed by atoms with Crippen LogP contribution in [0.5, 0.6) is 5.75 Å². The zero-order valence-corrected chi connectivity index (χ0v) is 9.63. The van der Waals surface area contributed by atoms with E-state index in [-0.39, 0.29) is 0 Å². The van der Waals surface area contributed by atoms with Crippen molar-refractivity contribution in [3.05, 3.63) is 28.8 Å². The zero-order valence-electron chi connectivity index (χ0n) is 9.63. The number of hydrogen-bond acceptors (Lipinski definition) is 3. The van der Waals surface area contributed by atoms with Crippen molar-refractivity contribution in [3.63, 3.8) is 0 Å². The van der Waals surface area contributed by atoms with Crippen molar-refractivity contribution >= 4 is 0 Å². The molecular formula is C12H19NO2. The van der Waals surface area contributed by atoms with Crippen molar-refractivity contribution in [1.29, 1.82) is 0 Å². The quantitative estimate of drug-likeness (QED) is 0.578. The standard InChI is InChI=1S/C12H19NO2/c1-9-7-11(3)12(8-10(9)2)15-6-4-5-13-14/h7-8,13-14H,4-6H2,1-3H3. The Hall–Kier alpha value is -1.06. The van der Waals surface area contributed by atoms with Crippen LogP contribution in [0.3, 0.4) is 0 Å². The van der Waals surface area contributed by atoms with Crippen molar-refractivity contribution in [3.8, 4) is 5.75 Å². The Bertz CT molecular complexity index is 324. The molecule has 84 valence electrons. The van der Waals surface area contributed by atoms with E-state index in [0.717, 1.165) is 17.7 Å². The highest BCUT2D eigenvalue weighted by molar-refractivity contribution is 5.40. The lowest BCUT2D eigenvalue weighted by Gasteiger charge is -2.11. The van der Waals surface area contributed by atoms with Gasteiger partial charge >= 0.3 is 0 Å². The van der Waals surface area contributed by atoms with E-state index in [1.807, 2.05) is 6.92 Å². The summed E-state index contributed by atoms with van der Waals surface area (Å²) < 4.78 is 5.62. The maximum Gasteiger partial charge on any atom is 0.122 e. The minimum atomic E-state index is 0.559. The van der Waals surface area contributed by atoms with E-state index in [9.17, 15) is 0 Å². The molecule has 0 saturated heterocycles. The normalized spacial score (nSPS) is 10.4. The molecule has 1 aromatic carbocycles. The molecule has 0 saturated carbocycles. The van der Waals surface area contributed by atoms with Gasteiger partial charge in [-0.3, -0.25) is 0 Å². The van der Waals surface area contributed by atoms with Crippen LogP contribution in [0, 0.1) is 20.8 Å². The Morgan fingerprint density at radius 2 is 1.80 bits per heavy atom. The molecule has 2 N–H and O–H groups in total. The largest absolute Gasteiger partial charge is 0.493 e. The Morgan fingerprint density at radius 3 is 2.47 bits per heavy atom. The number of nitrogens with one attached hydrogen (secondary N) is 1.